The van der Waals surface area contributed by atoms with Gasteiger partial charge in [0.15, 0.2) is 0 Å². The summed E-state index contributed by atoms with van der Waals surface area (Å²) in [5.41, 5.74) is 0.534. The van der Waals surface area contributed by atoms with Crippen molar-refractivity contribution in [3.63, 3.8) is 0 Å². The van der Waals surface area contributed by atoms with Crippen LogP contribution in [-0.4, -0.2) is 12.8 Å². The van der Waals surface area contributed by atoms with E-state index in [1.54, 1.807) is 7.11 Å². The van der Waals surface area contributed by atoms with Crippen molar-refractivity contribution in [2.45, 2.75) is 11.3 Å². The van der Waals surface area contributed by atoms with Crippen LogP contribution in [0.1, 0.15) is 8.30 Å². The van der Waals surface area contributed by atoms with E-state index in [9.17, 15) is 0 Å². The van der Waals surface area contributed by atoms with Gasteiger partial charge in [-0.25, -0.2) is 0 Å². The number of fused-ring (bicyclic) bond motifs is 1. The van der Waals surface area contributed by atoms with E-state index in [0.717, 1.165) is 16.2 Å². The average molecular weight is 168 g/mol. The summed E-state index contributed by atoms with van der Waals surface area (Å²) in [6.07, 6.45) is -0.435. The first-order valence-electron chi connectivity index (χ1n) is 4.57. The van der Waals surface area contributed by atoms with Crippen LogP contribution in [0, 0.1) is 0 Å². The number of hydrogen-bond donors (Lipinski definition) is 0. The normalized spacial score (nSPS) is 30.6. The first kappa shape index (κ1) is 5.09. The molecule has 0 aliphatic carbocycles. The van der Waals surface area contributed by atoms with Gasteiger partial charge < -0.3 is 4.74 Å². The average Bonchev–Trinajstić information content (AvgIpc) is 2.43. The third kappa shape index (κ3) is 1.23. The Kier molecular flexibility index (Phi) is 1.29. The van der Waals surface area contributed by atoms with Crippen molar-refractivity contribution < 1.29 is 7.48 Å². The third-order valence-electron chi connectivity index (χ3n) is 1.66. The highest BCUT2D eigenvalue weighted by Crippen LogP contribution is 2.33. The number of methoxy groups -OCH3 is 1. The quantitative estimate of drug-likeness (QED) is 0.636. The van der Waals surface area contributed by atoms with Crippen molar-refractivity contribution in [3.8, 4) is 5.75 Å². The Morgan fingerprint density at radius 3 is 3.36 bits per heavy atom. The maximum Gasteiger partial charge on any atom is 0.119 e. The van der Waals surface area contributed by atoms with Gasteiger partial charge in [0.1, 0.15) is 5.75 Å². The summed E-state index contributed by atoms with van der Waals surface area (Å²) in [6.45, 7) is 0. The summed E-state index contributed by atoms with van der Waals surface area (Å²) in [5, 5.41) is 0. The predicted octanol–water partition coefficient (Wildman–Crippen LogP) is 2.34. The van der Waals surface area contributed by atoms with E-state index in [0.29, 0.717) is 0 Å². The molecule has 0 fully saturated rings. The van der Waals surface area contributed by atoms with Gasteiger partial charge in [-0.1, -0.05) is 0 Å². The van der Waals surface area contributed by atoms with E-state index in [1.807, 2.05) is 18.2 Å². The maximum atomic E-state index is 7.73. The molecule has 2 atom stereocenters. The molecule has 1 aliphatic heterocycles. The number of thioether (sulfide) groups is 1. The molecule has 2 heteroatoms. The highest BCUT2D eigenvalue weighted by Gasteiger charge is 2.10. The number of hydrogen-bond acceptors (Lipinski definition) is 2. The van der Waals surface area contributed by atoms with Crippen LogP contribution in [0.2, 0.25) is 0 Å². The Hall–Kier alpha value is -0.630. The van der Waals surface area contributed by atoms with Crippen LogP contribution in [0.5, 0.6) is 5.75 Å². The molecule has 0 N–H and O–H groups in total. The molecule has 0 aromatic heterocycles. The minimum absolute atomic E-state index is 0.387. The number of rotatable bonds is 1. The Labute approximate surface area is 73.6 Å². The van der Waals surface area contributed by atoms with Crippen molar-refractivity contribution >= 4 is 11.8 Å². The number of ether oxygens (including phenoxy) is 1. The van der Waals surface area contributed by atoms with Crippen LogP contribution in [0.4, 0.5) is 0 Å². The molecule has 0 bridgehead atoms. The van der Waals surface area contributed by atoms with Crippen molar-refractivity contribution in [2.75, 3.05) is 12.8 Å². The largest absolute Gasteiger partial charge is 0.497 e. The monoisotopic (exact) mass is 168 g/mol. The fourth-order valence-corrected chi connectivity index (χ4v) is 1.84. The lowest BCUT2D eigenvalue weighted by molar-refractivity contribution is 0.414. The summed E-state index contributed by atoms with van der Waals surface area (Å²) < 4.78 is 20.4. The fourth-order valence-electron chi connectivity index (χ4n) is 1.07. The highest BCUT2D eigenvalue weighted by molar-refractivity contribution is 7.99. The van der Waals surface area contributed by atoms with Gasteiger partial charge in [-0.15, -0.1) is 11.8 Å². The molecule has 2 rings (SSSR count). The molecule has 0 spiro atoms. The fraction of sp³-hybridized carbons (Fsp3) is 0.333. The predicted molar refractivity (Wildman–Crippen MR) is 47.4 cm³/mol. The van der Waals surface area contributed by atoms with Crippen molar-refractivity contribution in [3.05, 3.63) is 23.8 Å². The van der Waals surface area contributed by atoms with E-state index in [-0.39, 0.29) is 5.73 Å². The molecule has 1 aliphatic rings. The smallest absolute Gasteiger partial charge is 0.119 e. The molecular weight excluding hydrogens is 156 g/mol. The number of aryl methyl sites for hydroxylation is 1. The molecular formula is C9H10OS. The van der Waals surface area contributed by atoms with Crippen molar-refractivity contribution in [1.29, 1.82) is 0 Å². The van der Waals surface area contributed by atoms with Gasteiger partial charge in [0, 0.05) is 13.4 Å². The van der Waals surface area contributed by atoms with Crippen LogP contribution in [-0.2, 0) is 6.40 Å². The second kappa shape index (κ2) is 2.78. The lowest BCUT2D eigenvalue weighted by Gasteiger charge is -2.01. The minimum atomic E-state index is -0.435. The first-order valence-corrected chi connectivity index (χ1v) is 4.29. The molecule has 1 heterocycles. The minimum Gasteiger partial charge on any atom is -0.497 e. The van der Waals surface area contributed by atoms with Gasteiger partial charge in [0.25, 0.3) is 0 Å². The van der Waals surface area contributed by atoms with Crippen LogP contribution < -0.4 is 4.74 Å². The van der Waals surface area contributed by atoms with Crippen LogP contribution >= 0.6 is 11.8 Å². The first-order chi connectivity index (χ1) is 6.22. The lowest BCUT2D eigenvalue weighted by Crippen LogP contribution is -1.85. The maximum absolute atomic E-state index is 7.73. The zero-order valence-corrected chi connectivity index (χ0v) is 7.02. The third-order valence-corrected chi connectivity index (χ3v) is 2.56. The van der Waals surface area contributed by atoms with Gasteiger partial charge in [-0.05, 0) is 30.2 Å². The molecule has 0 amide bonds. The highest BCUT2D eigenvalue weighted by atomic mass is 32.2. The Bertz CT molecular complexity index is 329. The molecule has 58 valence electrons. The van der Waals surface area contributed by atoms with E-state index in [4.69, 9.17) is 7.48 Å². The zero-order chi connectivity index (χ0) is 9.42. The summed E-state index contributed by atoms with van der Waals surface area (Å²) in [5.74, 6) is 0.769. The second-order valence-electron chi connectivity index (χ2n) is 2.32. The summed E-state index contributed by atoms with van der Waals surface area (Å²) in [4.78, 5) is 1.04. The molecule has 2 unspecified atom stereocenters. The molecule has 1 aromatic carbocycles. The summed E-state index contributed by atoms with van der Waals surface area (Å²) in [7, 11) is 1.61. The van der Waals surface area contributed by atoms with Gasteiger partial charge in [-0.3, -0.25) is 0 Å². The van der Waals surface area contributed by atoms with Gasteiger partial charge in [-0.2, -0.15) is 0 Å². The van der Waals surface area contributed by atoms with Crippen molar-refractivity contribution in [1.82, 2.24) is 0 Å². The Balaban J connectivity index is 2.42. The van der Waals surface area contributed by atoms with E-state index in [2.05, 4.69) is 0 Å². The molecule has 0 saturated carbocycles. The van der Waals surface area contributed by atoms with E-state index >= 15 is 0 Å². The second-order valence-corrected chi connectivity index (χ2v) is 3.27. The van der Waals surface area contributed by atoms with Crippen LogP contribution in [0.15, 0.2) is 23.1 Å². The molecule has 1 aromatic rings. The molecule has 1 nitrogen and oxygen atoms in total. The SMILES string of the molecule is [2H]C1Sc2ccc(OC)cc2C1[2H]. The summed E-state index contributed by atoms with van der Waals surface area (Å²) >= 11 is 1.44. The van der Waals surface area contributed by atoms with Gasteiger partial charge in [0.05, 0.1) is 7.11 Å². The van der Waals surface area contributed by atoms with Crippen LogP contribution in [0.25, 0.3) is 0 Å². The van der Waals surface area contributed by atoms with E-state index in [1.165, 1.54) is 11.8 Å². The summed E-state index contributed by atoms with van der Waals surface area (Å²) in [6, 6.07) is 5.65. The number of benzene rings is 1. The molecule has 0 radical (unpaired) electrons. The van der Waals surface area contributed by atoms with Gasteiger partial charge >= 0.3 is 0 Å². The molecule has 11 heavy (non-hydrogen) atoms. The van der Waals surface area contributed by atoms with Crippen molar-refractivity contribution in [2.24, 2.45) is 0 Å². The molecule has 0 saturated heterocycles. The zero-order valence-electron chi connectivity index (χ0n) is 8.20. The topological polar surface area (TPSA) is 9.23 Å². The lowest BCUT2D eigenvalue weighted by atomic mass is 10.2. The Morgan fingerprint density at radius 2 is 2.55 bits per heavy atom. The van der Waals surface area contributed by atoms with Gasteiger partial charge in [0.2, 0.25) is 0 Å². The van der Waals surface area contributed by atoms with Crippen LogP contribution in [0.3, 0.4) is 0 Å². The van der Waals surface area contributed by atoms with E-state index < -0.39 is 6.40 Å². The Morgan fingerprint density at radius 1 is 1.64 bits per heavy atom. The standard InChI is InChI=1S/C9H10OS/c1-10-8-2-3-9-7(6-8)4-5-11-9/h2-3,6H,4-5H2,1H3/i4D,5D.